The van der Waals surface area contributed by atoms with Crippen LogP contribution < -0.4 is 11.1 Å². The first-order valence-corrected chi connectivity index (χ1v) is 8.53. The molecule has 0 aliphatic heterocycles. The molecule has 0 unspecified atom stereocenters. The van der Waals surface area contributed by atoms with Crippen LogP contribution in [0.3, 0.4) is 0 Å². The topological polar surface area (TPSA) is 172 Å². The molecule has 0 spiro atoms. The zero-order valence-corrected chi connectivity index (χ0v) is 15.8. The van der Waals surface area contributed by atoms with Crippen molar-refractivity contribution in [2.75, 3.05) is 7.05 Å². The monoisotopic (exact) mass is 413 g/mol. The molecule has 0 aliphatic carbocycles. The lowest BCUT2D eigenvalue weighted by atomic mass is 10.0. The predicted octanol–water partition coefficient (Wildman–Crippen LogP) is 1.61. The van der Waals surface area contributed by atoms with Crippen molar-refractivity contribution in [1.82, 2.24) is 14.9 Å². The molecule has 30 heavy (non-hydrogen) atoms. The smallest absolute Gasteiger partial charge is 0.314 e. The summed E-state index contributed by atoms with van der Waals surface area (Å²) in [6.07, 6.45) is 0. The van der Waals surface area contributed by atoms with E-state index < -0.39 is 26.9 Å². The maximum Gasteiger partial charge on any atom is 0.314 e. The molecule has 0 fully saturated rings. The Morgan fingerprint density at radius 2 is 1.63 bits per heavy atom. The van der Waals surface area contributed by atoms with Crippen molar-refractivity contribution in [3.05, 3.63) is 88.0 Å². The van der Waals surface area contributed by atoms with Gasteiger partial charge in [-0.15, -0.1) is 0 Å². The van der Waals surface area contributed by atoms with Gasteiger partial charge < -0.3 is 14.9 Å². The number of amides is 1. The quantitative estimate of drug-likeness (QED) is 0.363. The molecule has 0 saturated heterocycles. The van der Waals surface area contributed by atoms with Gasteiger partial charge in [0, 0.05) is 48.5 Å². The molecule has 0 aliphatic rings. The van der Waals surface area contributed by atoms with Gasteiger partial charge in [0.05, 0.1) is 20.9 Å². The molecule has 12 nitrogen and oxygen atoms in total. The summed E-state index contributed by atoms with van der Waals surface area (Å²) in [4.78, 5) is 63.0. The lowest BCUT2D eigenvalue weighted by molar-refractivity contribution is -0.385. The number of nitro benzene ring substituents is 2. The number of nitrogens with one attached hydrogen (secondary N) is 2. The lowest BCUT2D eigenvalue weighted by Crippen LogP contribution is -2.31. The van der Waals surface area contributed by atoms with Gasteiger partial charge in [-0.05, 0) is 19.1 Å². The third kappa shape index (κ3) is 3.65. The number of carbonyl (C=O) groups is 1. The summed E-state index contributed by atoms with van der Waals surface area (Å²) in [5.74, 6) is -0.490. The van der Waals surface area contributed by atoms with E-state index in [-0.39, 0.29) is 45.6 Å². The van der Waals surface area contributed by atoms with E-state index in [1.807, 2.05) is 0 Å². The SMILES string of the molecule is Cc1c([N+](=O)[O-])cc2[nH]c(=O)c(=O)[nH]c2c1CN(C)C(=O)c1ccc([N+](=O)[O-])cc1. The summed E-state index contributed by atoms with van der Waals surface area (Å²) in [6, 6.07) is 6.13. The summed E-state index contributed by atoms with van der Waals surface area (Å²) in [7, 11) is 1.44. The van der Waals surface area contributed by atoms with Crippen LogP contribution in [0.5, 0.6) is 0 Å². The Balaban J connectivity index is 2.06. The van der Waals surface area contributed by atoms with Crippen LogP contribution >= 0.6 is 0 Å². The fraction of sp³-hybridized carbons (Fsp3) is 0.167. The number of non-ortho nitro benzene ring substituents is 1. The van der Waals surface area contributed by atoms with E-state index in [0.717, 1.165) is 6.07 Å². The van der Waals surface area contributed by atoms with Gasteiger partial charge >= 0.3 is 11.1 Å². The van der Waals surface area contributed by atoms with Gasteiger partial charge in [0.25, 0.3) is 17.3 Å². The molecule has 1 aromatic heterocycles. The van der Waals surface area contributed by atoms with Gasteiger partial charge in [0.1, 0.15) is 0 Å². The Labute approximate surface area is 167 Å². The molecule has 0 bridgehead atoms. The summed E-state index contributed by atoms with van der Waals surface area (Å²) in [6.45, 7) is 1.35. The second-order valence-corrected chi connectivity index (χ2v) is 6.55. The van der Waals surface area contributed by atoms with E-state index >= 15 is 0 Å². The maximum atomic E-state index is 12.7. The van der Waals surface area contributed by atoms with Crippen LogP contribution in [0, 0.1) is 27.2 Å². The third-order valence-electron chi connectivity index (χ3n) is 4.65. The molecule has 12 heteroatoms. The van der Waals surface area contributed by atoms with Gasteiger partial charge in [-0.2, -0.15) is 0 Å². The highest BCUT2D eigenvalue weighted by Crippen LogP contribution is 2.28. The Morgan fingerprint density at radius 1 is 1.03 bits per heavy atom. The van der Waals surface area contributed by atoms with Gasteiger partial charge in [0.15, 0.2) is 0 Å². The number of hydrogen-bond acceptors (Lipinski definition) is 7. The molecule has 2 aromatic carbocycles. The van der Waals surface area contributed by atoms with Crippen molar-refractivity contribution in [3.63, 3.8) is 0 Å². The summed E-state index contributed by atoms with van der Waals surface area (Å²) in [5.41, 5.74) is -1.42. The predicted molar refractivity (Wildman–Crippen MR) is 105 cm³/mol. The van der Waals surface area contributed by atoms with Crippen molar-refractivity contribution in [2.24, 2.45) is 0 Å². The first kappa shape index (κ1) is 20.4. The number of hydrogen-bond donors (Lipinski definition) is 2. The van der Waals surface area contributed by atoms with Crippen LogP contribution in [-0.2, 0) is 6.54 Å². The molecule has 1 heterocycles. The first-order chi connectivity index (χ1) is 14.1. The van der Waals surface area contributed by atoms with Crippen molar-refractivity contribution < 1.29 is 14.6 Å². The highest BCUT2D eigenvalue weighted by molar-refractivity contribution is 5.94. The second kappa shape index (κ2) is 7.58. The molecule has 2 N–H and O–H groups in total. The van der Waals surface area contributed by atoms with Gasteiger partial charge in [-0.3, -0.25) is 34.6 Å². The minimum Gasteiger partial charge on any atom is -0.337 e. The number of rotatable bonds is 5. The molecule has 154 valence electrons. The summed E-state index contributed by atoms with van der Waals surface area (Å²) in [5, 5.41) is 22.2. The molecular formula is C18H15N5O7. The molecular weight excluding hydrogens is 398 g/mol. The lowest BCUT2D eigenvalue weighted by Gasteiger charge is -2.20. The number of aromatic amines is 2. The molecule has 1 amide bonds. The average molecular weight is 413 g/mol. The van der Waals surface area contributed by atoms with E-state index in [2.05, 4.69) is 9.97 Å². The zero-order chi connectivity index (χ0) is 22.2. The van der Waals surface area contributed by atoms with Crippen LogP contribution in [0.1, 0.15) is 21.5 Å². The van der Waals surface area contributed by atoms with E-state index in [4.69, 9.17) is 0 Å². The van der Waals surface area contributed by atoms with E-state index in [1.165, 1.54) is 43.1 Å². The van der Waals surface area contributed by atoms with Crippen molar-refractivity contribution >= 4 is 28.3 Å². The maximum absolute atomic E-state index is 12.7. The van der Waals surface area contributed by atoms with Crippen LogP contribution in [0.4, 0.5) is 11.4 Å². The highest BCUT2D eigenvalue weighted by Gasteiger charge is 2.22. The Morgan fingerprint density at radius 3 is 2.20 bits per heavy atom. The standard InChI is InChI=1S/C18H15N5O7/c1-9-12(8-21(2)18(26)10-3-5-11(6-4-10)22(27)28)15-13(7-14(9)23(29)30)19-16(24)17(25)20-15/h3-7H,8H2,1-2H3,(H,19,24)(H,20,25). The molecule has 0 atom stereocenters. The Hall–Kier alpha value is -4.35. The van der Waals surface area contributed by atoms with Crippen LogP contribution in [0.25, 0.3) is 11.0 Å². The number of fused-ring (bicyclic) bond motifs is 1. The minimum absolute atomic E-state index is 0.0584. The van der Waals surface area contributed by atoms with E-state index in [0.29, 0.717) is 0 Å². The molecule has 3 aromatic rings. The number of carbonyl (C=O) groups excluding carboxylic acids is 1. The second-order valence-electron chi connectivity index (χ2n) is 6.55. The van der Waals surface area contributed by atoms with Crippen LogP contribution in [0.15, 0.2) is 39.9 Å². The fourth-order valence-corrected chi connectivity index (χ4v) is 3.05. The third-order valence-corrected chi connectivity index (χ3v) is 4.65. The summed E-state index contributed by atoms with van der Waals surface area (Å²) < 4.78 is 0. The Bertz CT molecular complexity index is 1310. The Kier molecular flexibility index (Phi) is 5.15. The van der Waals surface area contributed by atoms with Crippen LogP contribution in [-0.4, -0.2) is 37.7 Å². The van der Waals surface area contributed by atoms with Gasteiger partial charge in [-0.1, -0.05) is 0 Å². The van der Waals surface area contributed by atoms with Gasteiger partial charge in [0.2, 0.25) is 0 Å². The first-order valence-electron chi connectivity index (χ1n) is 8.53. The summed E-state index contributed by atoms with van der Waals surface area (Å²) >= 11 is 0. The number of aromatic nitrogens is 2. The largest absolute Gasteiger partial charge is 0.337 e. The van der Waals surface area contributed by atoms with Gasteiger partial charge in [-0.25, -0.2) is 0 Å². The minimum atomic E-state index is -0.957. The highest BCUT2D eigenvalue weighted by atomic mass is 16.6. The molecule has 0 radical (unpaired) electrons. The van der Waals surface area contributed by atoms with E-state index in [9.17, 15) is 34.6 Å². The van der Waals surface area contributed by atoms with Crippen molar-refractivity contribution in [1.29, 1.82) is 0 Å². The number of H-pyrrole nitrogens is 2. The number of nitrogens with zero attached hydrogens (tertiary/aromatic N) is 3. The normalized spacial score (nSPS) is 10.7. The van der Waals surface area contributed by atoms with Crippen LogP contribution in [0.2, 0.25) is 0 Å². The zero-order valence-electron chi connectivity index (χ0n) is 15.8. The van der Waals surface area contributed by atoms with Crippen molar-refractivity contribution in [2.45, 2.75) is 13.5 Å². The fourth-order valence-electron chi connectivity index (χ4n) is 3.05. The molecule has 3 rings (SSSR count). The number of benzene rings is 2. The van der Waals surface area contributed by atoms with E-state index in [1.54, 1.807) is 0 Å². The average Bonchev–Trinajstić information content (AvgIpc) is 2.70. The van der Waals surface area contributed by atoms with Crippen molar-refractivity contribution in [3.8, 4) is 0 Å². The number of nitro groups is 2. The molecule has 0 saturated carbocycles.